The number of hydrogen-bond acceptors (Lipinski definition) is 4. The first kappa shape index (κ1) is 12.7. The Kier molecular flexibility index (Phi) is 4.43. The molecule has 1 aromatic rings. The molecule has 0 bridgehead atoms. The van der Waals surface area contributed by atoms with Crippen LogP contribution < -0.4 is 11.1 Å². The van der Waals surface area contributed by atoms with E-state index in [9.17, 15) is 0 Å². The standard InChI is InChI=1S/C14H20N4/c15-11-12-10-13(4-5-14(12)16)17-6-9-18-7-2-1-3-8-18/h4-5,10,17H,1-3,6-9,16H2. The Bertz CT molecular complexity index is 430. The molecule has 4 heteroatoms. The quantitative estimate of drug-likeness (QED) is 0.795. The molecule has 3 N–H and O–H groups in total. The van der Waals surface area contributed by atoms with E-state index in [4.69, 9.17) is 11.0 Å². The maximum Gasteiger partial charge on any atom is 0.101 e. The lowest BCUT2D eigenvalue weighted by Gasteiger charge is -2.26. The summed E-state index contributed by atoms with van der Waals surface area (Å²) in [5.41, 5.74) is 7.74. The zero-order valence-electron chi connectivity index (χ0n) is 10.7. The zero-order valence-corrected chi connectivity index (χ0v) is 10.7. The molecule has 0 aromatic heterocycles. The van der Waals surface area contributed by atoms with Gasteiger partial charge in [0, 0.05) is 24.5 Å². The van der Waals surface area contributed by atoms with Crippen molar-refractivity contribution in [1.82, 2.24) is 4.90 Å². The number of rotatable bonds is 4. The summed E-state index contributed by atoms with van der Waals surface area (Å²) in [5.74, 6) is 0. The average molecular weight is 244 g/mol. The number of nitrogen functional groups attached to an aromatic ring is 1. The fourth-order valence-corrected chi connectivity index (χ4v) is 2.30. The highest BCUT2D eigenvalue weighted by atomic mass is 15.1. The van der Waals surface area contributed by atoms with Gasteiger partial charge in [0.1, 0.15) is 6.07 Å². The van der Waals surface area contributed by atoms with E-state index in [2.05, 4.69) is 16.3 Å². The van der Waals surface area contributed by atoms with Crippen molar-refractivity contribution in [2.45, 2.75) is 19.3 Å². The van der Waals surface area contributed by atoms with Crippen molar-refractivity contribution in [3.8, 4) is 6.07 Å². The number of nitrogens with one attached hydrogen (secondary N) is 1. The number of benzene rings is 1. The monoisotopic (exact) mass is 244 g/mol. The molecule has 2 rings (SSSR count). The van der Waals surface area contributed by atoms with Crippen molar-refractivity contribution in [1.29, 1.82) is 5.26 Å². The van der Waals surface area contributed by atoms with Gasteiger partial charge in [-0.05, 0) is 44.1 Å². The maximum atomic E-state index is 8.91. The number of nitrogens with zero attached hydrogens (tertiary/aromatic N) is 2. The third-order valence-corrected chi connectivity index (χ3v) is 3.38. The van der Waals surface area contributed by atoms with Gasteiger partial charge in [0.05, 0.1) is 5.56 Å². The summed E-state index contributed by atoms with van der Waals surface area (Å²) in [5, 5.41) is 12.3. The fraction of sp³-hybridized carbons (Fsp3) is 0.500. The largest absolute Gasteiger partial charge is 0.398 e. The van der Waals surface area contributed by atoms with Crippen LogP contribution in [-0.4, -0.2) is 31.1 Å². The number of nitriles is 1. The first-order chi connectivity index (χ1) is 8.79. The third-order valence-electron chi connectivity index (χ3n) is 3.38. The minimum Gasteiger partial charge on any atom is -0.398 e. The van der Waals surface area contributed by atoms with E-state index in [1.165, 1.54) is 32.4 Å². The van der Waals surface area contributed by atoms with Gasteiger partial charge in [-0.25, -0.2) is 0 Å². The molecule has 0 aliphatic carbocycles. The summed E-state index contributed by atoms with van der Waals surface area (Å²) in [6, 6.07) is 7.61. The first-order valence-electron chi connectivity index (χ1n) is 6.55. The molecule has 0 spiro atoms. The van der Waals surface area contributed by atoms with E-state index in [-0.39, 0.29) is 0 Å². The smallest absolute Gasteiger partial charge is 0.101 e. The molecule has 1 fully saturated rings. The second-order valence-corrected chi connectivity index (χ2v) is 4.74. The SMILES string of the molecule is N#Cc1cc(NCCN2CCCCC2)ccc1N. The summed E-state index contributed by atoms with van der Waals surface area (Å²) < 4.78 is 0. The van der Waals surface area contributed by atoms with Gasteiger partial charge < -0.3 is 16.0 Å². The normalized spacial score (nSPS) is 16.2. The van der Waals surface area contributed by atoms with E-state index in [1.54, 1.807) is 6.07 Å². The first-order valence-corrected chi connectivity index (χ1v) is 6.55. The molecule has 4 nitrogen and oxygen atoms in total. The molecule has 0 unspecified atom stereocenters. The Morgan fingerprint density at radius 2 is 2.06 bits per heavy atom. The lowest BCUT2D eigenvalue weighted by molar-refractivity contribution is 0.237. The number of hydrogen-bond donors (Lipinski definition) is 2. The summed E-state index contributed by atoms with van der Waals surface area (Å²) in [6.07, 6.45) is 4.01. The second-order valence-electron chi connectivity index (χ2n) is 4.74. The van der Waals surface area contributed by atoms with Crippen LogP contribution in [0, 0.1) is 11.3 Å². The summed E-state index contributed by atoms with van der Waals surface area (Å²) in [6.45, 7) is 4.40. The maximum absolute atomic E-state index is 8.91. The minimum absolute atomic E-state index is 0.540. The molecule has 1 heterocycles. The highest BCUT2D eigenvalue weighted by molar-refractivity contribution is 5.61. The van der Waals surface area contributed by atoms with Gasteiger partial charge in [-0.1, -0.05) is 6.42 Å². The summed E-state index contributed by atoms with van der Waals surface area (Å²) in [4.78, 5) is 2.49. The molecule has 0 radical (unpaired) electrons. The van der Waals surface area contributed by atoms with Crippen molar-refractivity contribution in [2.75, 3.05) is 37.2 Å². The van der Waals surface area contributed by atoms with Crippen LogP contribution in [0.15, 0.2) is 18.2 Å². The van der Waals surface area contributed by atoms with Gasteiger partial charge in [0.25, 0.3) is 0 Å². The highest BCUT2D eigenvalue weighted by Gasteiger charge is 2.09. The number of piperidine rings is 1. The molecule has 96 valence electrons. The van der Waals surface area contributed by atoms with Gasteiger partial charge in [0.2, 0.25) is 0 Å². The summed E-state index contributed by atoms with van der Waals surface area (Å²) >= 11 is 0. The molecule has 1 saturated heterocycles. The Balaban J connectivity index is 1.81. The van der Waals surface area contributed by atoms with E-state index < -0.39 is 0 Å². The molecular weight excluding hydrogens is 224 g/mol. The molecule has 1 aromatic carbocycles. The van der Waals surface area contributed by atoms with E-state index in [0.29, 0.717) is 11.3 Å². The number of anilines is 2. The predicted molar refractivity (Wildman–Crippen MR) is 74.4 cm³/mol. The molecule has 0 amide bonds. The van der Waals surface area contributed by atoms with Crippen LogP contribution in [0.4, 0.5) is 11.4 Å². The van der Waals surface area contributed by atoms with Crippen LogP contribution in [0.2, 0.25) is 0 Å². The number of nitrogens with two attached hydrogens (primary N) is 1. The van der Waals surface area contributed by atoms with E-state index in [0.717, 1.165) is 18.8 Å². The van der Waals surface area contributed by atoms with Crippen molar-refractivity contribution in [3.63, 3.8) is 0 Å². The van der Waals surface area contributed by atoms with Crippen LogP contribution in [0.5, 0.6) is 0 Å². The van der Waals surface area contributed by atoms with Crippen LogP contribution in [-0.2, 0) is 0 Å². The Hall–Kier alpha value is -1.73. The molecular formula is C14H20N4. The van der Waals surface area contributed by atoms with Gasteiger partial charge >= 0.3 is 0 Å². The highest BCUT2D eigenvalue weighted by Crippen LogP contribution is 2.16. The zero-order chi connectivity index (χ0) is 12.8. The van der Waals surface area contributed by atoms with Crippen LogP contribution >= 0.6 is 0 Å². The van der Waals surface area contributed by atoms with Crippen molar-refractivity contribution in [2.24, 2.45) is 0 Å². The molecule has 0 atom stereocenters. The second kappa shape index (κ2) is 6.27. The Labute approximate surface area is 108 Å². The number of likely N-dealkylation sites (tertiary alicyclic amines) is 1. The van der Waals surface area contributed by atoms with Gasteiger partial charge in [-0.3, -0.25) is 0 Å². The summed E-state index contributed by atoms with van der Waals surface area (Å²) in [7, 11) is 0. The van der Waals surface area contributed by atoms with Gasteiger partial charge in [-0.2, -0.15) is 5.26 Å². The van der Waals surface area contributed by atoms with Crippen molar-refractivity contribution in [3.05, 3.63) is 23.8 Å². The topological polar surface area (TPSA) is 65.1 Å². The van der Waals surface area contributed by atoms with Crippen LogP contribution in [0.1, 0.15) is 24.8 Å². The molecule has 1 aliphatic heterocycles. The average Bonchev–Trinajstić information content (AvgIpc) is 2.42. The van der Waals surface area contributed by atoms with Crippen LogP contribution in [0.25, 0.3) is 0 Å². The van der Waals surface area contributed by atoms with Crippen LogP contribution in [0.3, 0.4) is 0 Å². The lowest BCUT2D eigenvalue weighted by atomic mass is 10.1. The van der Waals surface area contributed by atoms with Crippen molar-refractivity contribution >= 4 is 11.4 Å². The molecule has 0 saturated carbocycles. The fourth-order valence-electron chi connectivity index (χ4n) is 2.30. The predicted octanol–water partition coefficient (Wildman–Crippen LogP) is 2.04. The van der Waals surface area contributed by atoms with Crippen molar-refractivity contribution < 1.29 is 0 Å². The molecule has 1 aliphatic rings. The Morgan fingerprint density at radius 3 is 2.78 bits per heavy atom. The van der Waals surface area contributed by atoms with E-state index >= 15 is 0 Å². The lowest BCUT2D eigenvalue weighted by Crippen LogP contribution is -2.33. The van der Waals surface area contributed by atoms with E-state index in [1.807, 2.05) is 12.1 Å². The minimum atomic E-state index is 0.540. The third kappa shape index (κ3) is 3.38. The van der Waals surface area contributed by atoms with Gasteiger partial charge in [-0.15, -0.1) is 0 Å². The van der Waals surface area contributed by atoms with Gasteiger partial charge in [0.15, 0.2) is 0 Å². The molecule has 18 heavy (non-hydrogen) atoms. The Morgan fingerprint density at radius 1 is 1.28 bits per heavy atom.